The topological polar surface area (TPSA) is 31.2 Å². The van der Waals surface area contributed by atoms with Gasteiger partial charge in [-0.3, -0.25) is 4.79 Å². The van der Waals surface area contributed by atoms with Crippen LogP contribution in [0.15, 0.2) is 6.07 Å². The highest BCUT2D eigenvalue weighted by Crippen LogP contribution is 2.19. The van der Waals surface area contributed by atoms with Crippen molar-refractivity contribution in [1.29, 1.82) is 0 Å². The van der Waals surface area contributed by atoms with Crippen molar-refractivity contribution in [3.8, 4) is 0 Å². The second-order valence-electron chi connectivity index (χ2n) is 4.72. The molecule has 0 fully saturated rings. The summed E-state index contributed by atoms with van der Waals surface area (Å²) in [7, 11) is 0. The van der Waals surface area contributed by atoms with E-state index in [2.05, 4.69) is 18.4 Å². The molecular weight excluding hydrogens is 202 g/mol. The molecule has 1 rings (SSSR count). The average Bonchev–Trinajstić information content (AvgIpc) is 2.45. The van der Waals surface area contributed by atoms with Gasteiger partial charge in [0.05, 0.1) is 12.1 Å². The molecule has 16 heavy (non-hydrogen) atoms. The summed E-state index contributed by atoms with van der Waals surface area (Å²) in [5.41, 5.74) is 2.68. The zero-order valence-corrected chi connectivity index (χ0v) is 10.8. The molecule has 1 aromatic rings. The fraction of sp³-hybridized carbons (Fsp3) is 0.615. The lowest BCUT2D eigenvalue weighted by Gasteiger charge is -2.27. The van der Waals surface area contributed by atoms with Gasteiger partial charge in [0.2, 0.25) is 0 Å². The molecule has 0 bridgehead atoms. The zero-order chi connectivity index (χ0) is 12.3. The number of aryl methyl sites for hydroxylation is 1. The molecule has 0 N–H and O–H groups in total. The molecule has 3 nitrogen and oxygen atoms in total. The van der Waals surface area contributed by atoms with Crippen LogP contribution in [0.4, 0.5) is 0 Å². The monoisotopic (exact) mass is 223 g/mol. The Morgan fingerprint density at radius 1 is 1.44 bits per heavy atom. The van der Waals surface area contributed by atoms with Crippen LogP contribution in [-0.2, 0) is 11.3 Å². The van der Waals surface area contributed by atoms with Gasteiger partial charge < -0.3 is 9.30 Å². The summed E-state index contributed by atoms with van der Waals surface area (Å²) in [6.45, 7) is 11.6. The van der Waals surface area contributed by atoms with Crippen molar-refractivity contribution >= 4 is 6.29 Å². The highest BCUT2D eigenvalue weighted by Gasteiger charge is 2.21. The lowest BCUT2D eigenvalue weighted by Crippen LogP contribution is -2.31. The molecule has 0 saturated heterocycles. The minimum atomic E-state index is -0.205. The molecule has 0 radical (unpaired) electrons. The van der Waals surface area contributed by atoms with Gasteiger partial charge in [-0.25, -0.2) is 0 Å². The van der Waals surface area contributed by atoms with Gasteiger partial charge in [0.1, 0.15) is 0 Å². The van der Waals surface area contributed by atoms with Crippen molar-refractivity contribution in [1.82, 2.24) is 4.57 Å². The largest absolute Gasteiger partial charge is 0.374 e. The first-order valence-electron chi connectivity index (χ1n) is 5.67. The van der Waals surface area contributed by atoms with E-state index < -0.39 is 0 Å². The molecule has 0 spiro atoms. The van der Waals surface area contributed by atoms with Crippen molar-refractivity contribution in [3.05, 3.63) is 23.0 Å². The number of aromatic nitrogens is 1. The summed E-state index contributed by atoms with van der Waals surface area (Å²) in [6, 6.07) is 1.92. The number of carbonyl (C=O) groups excluding carboxylic acids is 1. The van der Waals surface area contributed by atoms with Crippen molar-refractivity contribution in [2.45, 2.75) is 46.8 Å². The van der Waals surface area contributed by atoms with Crippen LogP contribution in [0.3, 0.4) is 0 Å². The maximum atomic E-state index is 10.8. The Morgan fingerprint density at radius 3 is 2.50 bits per heavy atom. The molecule has 0 aliphatic heterocycles. The molecule has 90 valence electrons. The molecule has 0 atom stereocenters. The Kier molecular flexibility index (Phi) is 3.92. The van der Waals surface area contributed by atoms with E-state index in [9.17, 15) is 4.79 Å². The highest BCUT2D eigenvalue weighted by molar-refractivity contribution is 5.77. The minimum Gasteiger partial charge on any atom is -0.374 e. The molecule has 1 heterocycles. The predicted molar refractivity (Wildman–Crippen MR) is 65.0 cm³/mol. The molecular formula is C13H21NO2. The standard InChI is InChI=1S/C13H21NO2/c1-6-16-13(4,5)9-14-10(2)7-12(8-15)11(14)3/h7-8H,6,9H2,1-5H3. The lowest BCUT2D eigenvalue weighted by molar-refractivity contribution is -0.0230. The van der Waals surface area contributed by atoms with Gasteiger partial charge in [-0.2, -0.15) is 0 Å². The number of carbonyl (C=O) groups is 1. The van der Waals surface area contributed by atoms with Crippen LogP contribution in [0.25, 0.3) is 0 Å². The van der Waals surface area contributed by atoms with E-state index in [1.165, 1.54) is 0 Å². The normalized spacial score (nSPS) is 11.8. The second kappa shape index (κ2) is 4.83. The first kappa shape index (κ1) is 13.0. The van der Waals surface area contributed by atoms with Gasteiger partial charge in [0.25, 0.3) is 0 Å². The smallest absolute Gasteiger partial charge is 0.151 e. The summed E-state index contributed by atoms with van der Waals surface area (Å²) in [4.78, 5) is 10.8. The number of hydrogen-bond donors (Lipinski definition) is 0. The van der Waals surface area contributed by atoms with Crippen LogP contribution >= 0.6 is 0 Å². The Balaban J connectivity index is 2.97. The SMILES string of the molecule is CCOC(C)(C)Cn1c(C)cc(C=O)c1C. The second-order valence-corrected chi connectivity index (χ2v) is 4.72. The zero-order valence-electron chi connectivity index (χ0n) is 10.8. The Labute approximate surface area is 97.4 Å². The summed E-state index contributed by atoms with van der Waals surface area (Å²) in [5.74, 6) is 0. The highest BCUT2D eigenvalue weighted by atomic mass is 16.5. The van der Waals surface area contributed by atoms with Crippen LogP contribution in [0, 0.1) is 13.8 Å². The number of hydrogen-bond acceptors (Lipinski definition) is 2. The summed E-state index contributed by atoms with van der Waals surface area (Å²) < 4.78 is 7.82. The molecule has 0 unspecified atom stereocenters. The van der Waals surface area contributed by atoms with Crippen LogP contribution in [0.2, 0.25) is 0 Å². The van der Waals surface area contributed by atoms with E-state index in [1.807, 2.05) is 26.8 Å². The molecule has 0 aliphatic rings. The van der Waals surface area contributed by atoms with Crippen LogP contribution < -0.4 is 0 Å². The van der Waals surface area contributed by atoms with Crippen molar-refractivity contribution < 1.29 is 9.53 Å². The van der Waals surface area contributed by atoms with Crippen LogP contribution in [0.1, 0.15) is 42.5 Å². The first-order valence-corrected chi connectivity index (χ1v) is 5.67. The minimum absolute atomic E-state index is 0.205. The Morgan fingerprint density at radius 2 is 2.06 bits per heavy atom. The Hall–Kier alpha value is -1.09. The number of rotatable bonds is 5. The third-order valence-corrected chi connectivity index (χ3v) is 2.81. The average molecular weight is 223 g/mol. The maximum Gasteiger partial charge on any atom is 0.151 e. The van der Waals surface area contributed by atoms with Crippen molar-refractivity contribution in [3.63, 3.8) is 0 Å². The fourth-order valence-corrected chi connectivity index (χ4v) is 2.01. The molecule has 0 aromatic carbocycles. The van der Waals surface area contributed by atoms with E-state index in [0.29, 0.717) is 6.61 Å². The Bertz CT molecular complexity index is 378. The third-order valence-electron chi connectivity index (χ3n) is 2.81. The van der Waals surface area contributed by atoms with Crippen LogP contribution in [0.5, 0.6) is 0 Å². The number of ether oxygens (including phenoxy) is 1. The van der Waals surface area contributed by atoms with E-state index >= 15 is 0 Å². The predicted octanol–water partition coefficient (Wildman–Crippen LogP) is 2.73. The molecule has 0 aliphatic carbocycles. The van der Waals surface area contributed by atoms with E-state index in [1.54, 1.807) is 0 Å². The van der Waals surface area contributed by atoms with E-state index in [-0.39, 0.29) is 5.60 Å². The summed E-state index contributed by atoms with van der Waals surface area (Å²) in [5, 5.41) is 0. The summed E-state index contributed by atoms with van der Waals surface area (Å²) >= 11 is 0. The third kappa shape index (κ3) is 2.73. The number of nitrogens with zero attached hydrogens (tertiary/aromatic N) is 1. The van der Waals surface area contributed by atoms with E-state index in [4.69, 9.17) is 4.74 Å². The van der Waals surface area contributed by atoms with E-state index in [0.717, 1.165) is 29.8 Å². The van der Waals surface area contributed by atoms with Gasteiger partial charge in [-0.15, -0.1) is 0 Å². The van der Waals surface area contributed by atoms with Gasteiger partial charge in [0, 0.05) is 23.6 Å². The molecule has 0 amide bonds. The molecule has 3 heteroatoms. The number of aldehydes is 1. The molecule has 1 aromatic heterocycles. The van der Waals surface area contributed by atoms with Crippen LogP contribution in [-0.4, -0.2) is 23.1 Å². The summed E-state index contributed by atoms with van der Waals surface area (Å²) in [6.07, 6.45) is 0.909. The van der Waals surface area contributed by atoms with Crippen molar-refractivity contribution in [2.24, 2.45) is 0 Å². The lowest BCUT2D eigenvalue weighted by atomic mass is 10.1. The quantitative estimate of drug-likeness (QED) is 0.719. The fourth-order valence-electron chi connectivity index (χ4n) is 2.01. The maximum absolute atomic E-state index is 10.8. The van der Waals surface area contributed by atoms with Gasteiger partial charge in [-0.05, 0) is 40.7 Å². The van der Waals surface area contributed by atoms with Gasteiger partial charge in [0.15, 0.2) is 6.29 Å². The molecule has 0 saturated carbocycles. The van der Waals surface area contributed by atoms with Crippen molar-refractivity contribution in [2.75, 3.05) is 6.61 Å². The first-order chi connectivity index (χ1) is 7.41. The van der Waals surface area contributed by atoms with Gasteiger partial charge >= 0.3 is 0 Å². The van der Waals surface area contributed by atoms with Gasteiger partial charge in [-0.1, -0.05) is 0 Å².